The Labute approximate surface area is 67.1 Å². The molecule has 0 saturated heterocycles. The largest absolute Gasteiger partial charge is 0.394 e. The highest BCUT2D eigenvalue weighted by Crippen LogP contribution is 2.10. The molecule has 11 heavy (non-hydrogen) atoms. The van der Waals surface area contributed by atoms with Gasteiger partial charge in [-0.05, 0) is 6.42 Å². The second kappa shape index (κ2) is 3.90. The van der Waals surface area contributed by atoms with Crippen LogP contribution in [-0.2, 0) is 4.74 Å². The molecular formula is C7H11BO3. The maximum atomic E-state index is 9.24. The summed E-state index contributed by atoms with van der Waals surface area (Å²) in [5.41, 5.74) is 0. The van der Waals surface area contributed by atoms with Crippen molar-refractivity contribution < 1.29 is 14.9 Å². The first-order valence-corrected chi connectivity index (χ1v) is 3.60. The van der Waals surface area contributed by atoms with Crippen molar-refractivity contribution in [3.63, 3.8) is 0 Å². The maximum Gasteiger partial charge on any atom is 0.109 e. The molecule has 0 unspecified atom stereocenters. The Bertz CT molecular complexity index is 149. The van der Waals surface area contributed by atoms with Crippen LogP contribution in [0.15, 0.2) is 12.2 Å². The molecule has 0 saturated carbocycles. The minimum Gasteiger partial charge on any atom is -0.394 e. The van der Waals surface area contributed by atoms with Crippen LogP contribution in [-0.4, -0.2) is 42.9 Å². The van der Waals surface area contributed by atoms with Crippen LogP contribution in [0.4, 0.5) is 0 Å². The molecule has 2 radical (unpaired) electrons. The van der Waals surface area contributed by atoms with Crippen molar-refractivity contribution in [1.82, 2.24) is 0 Å². The fourth-order valence-corrected chi connectivity index (χ4v) is 0.988. The van der Waals surface area contributed by atoms with Crippen molar-refractivity contribution in [2.24, 2.45) is 0 Å². The first-order valence-electron chi connectivity index (χ1n) is 3.60. The third-order valence-corrected chi connectivity index (χ3v) is 1.61. The second-order valence-corrected chi connectivity index (χ2v) is 2.55. The standard InChI is InChI=1S/C7H11BO3/c8-7-3-1-2-5(10)6(4-9)11-7/h1-2,5-7,9-10H,3-4H2/t5-,6+,7+/m0/s1. The van der Waals surface area contributed by atoms with Crippen molar-refractivity contribution in [2.45, 2.75) is 24.6 Å². The third-order valence-electron chi connectivity index (χ3n) is 1.61. The first kappa shape index (κ1) is 8.78. The highest BCUT2D eigenvalue weighted by Gasteiger charge is 2.20. The summed E-state index contributed by atoms with van der Waals surface area (Å²) in [5.74, 6) is 0. The van der Waals surface area contributed by atoms with E-state index in [9.17, 15) is 5.11 Å². The molecule has 1 aliphatic rings. The fraction of sp³-hybridized carbons (Fsp3) is 0.714. The molecule has 0 fully saturated rings. The molecule has 1 aliphatic heterocycles. The van der Waals surface area contributed by atoms with E-state index >= 15 is 0 Å². The molecular weight excluding hydrogens is 143 g/mol. The molecule has 1 heterocycles. The van der Waals surface area contributed by atoms with Gasteiger partial charge in [0.1, 0.15) is 20.1 Å². The Balaban J connectivity index is 2.55. The lowest BCUT2D eigenvalue weighted by Crippen LogP contribution is -2.33. The molecule has 1 rings (SSSR count). The van der Waals surface area contributed by atoms with Crippen LogP contribution in [0.2, 0.25) is 0 Å². The van der Waals surface area contributed by atoms with Crippen molar-refractivity contribution in [3.05, 3.63) is 12.2 Å². The van der Waals surface area contributed by atoms with E-state index in [0.717, 1.165) is 0 Å². The summed E-state index contributed by atoms with van der Waals surface area (Å²) in [7, 11) is 5.47. The lowest BCUT2D eigenvalue weighted by molar-refractivity contribution is -0.0537. The average molecular weight is 154 g/mol. The van der Waals surface area contributed by atoms with Crippen LogP contribution in [0, 0.1) is 0 Å². The predicted molar refractivity (Wildman–Crippen MR) is 41.3 cm³/mol. The minimum absolute atomic E-state index is 0.209. The van der Waals surface area contributed by atoms with Gasteiger partial charge in [-0.1, -0.05) is 12.2 Å². The van der Waals surface area contributed by atoms with Crippen molar-refractivity contribution >= 4 is 7.85 Å². The zero-order valence-electron chi connectivity index (χ0n) is 6.18. The summed E-state index contributed by atoms with van der Waals surface area (Å²) >= 11 is 0. The summed E-state index contributed by atoms with van der Waals surface area (Å²) in [6, 6.07) is -0.416. The first-order chi connectivity index (χ1) is 5.24. The second-order valence-electron chi connectivity index (χ2n) is 2.55. The summed E-state index contributed by atoms with van der Waals surface area (Å²) in [6.45, 7) is -0.209. The molecule has 2 N–H and O–H groups in total. The van der Waals surface area contributed by atoms with Gasteiger partial charge in [0.15, 0.2) is 0 Å². The lowest BCUT2D eigenvalue weighted by Gasteiger charge is -2.20. The van der Waals surface area contributed by atoms with Crippen molar-refractivity contribution in [3.8, 4) is 0 Å². The smallest absolute Gasteiger partial charge is 0.109 e. The highest BCUT2D eigenvalue weighted by atomic mass is 16.5. The van der Waals surface area contributed by atoms with Gasteiger partial charge >= 0.3 is 0 Å². The van der Waals surface area contributed by atoms with E-state index in [2.05, 4.69) is 0 Å². The number of hydrogen-bond acceptors (Lipinski definition) is 3. The Morgan fingerprint density at radius 3 is 3.00 bits per heavy atom. The zero-order valence-corrected chi connectivity index (χ0v) is 6.18. The van der Waals surface area contributed by atoms with Crippen molar-refractivity contribution in [2.75, 3.05) is 6.61 Å². The summed E-state index contributed by atoms with van der Waals surface area (Å²) < 4.78 is 5.09. The fourth-order valence-electron chi connectivity index (χ4n) is 0.988. The molecule has 0 aliphatic carbocycles. The normalized spacial score (nSPS) is 38.5. The van der Waals surface area contributed by atoms with E-state index in [1.807, 2.05) is 0 Å². The topological polar surface area (TPSA) is 49.7 Å². The Kier molecular flexibility index (Phi) is 3.11. The highest BCUT2D eigenvalue weighted by molar-refractivity contribution is 6.11. The maximum absolute atomic E-state index is 9.24. The quantitative estimate of drug-likeness (QED) is 0.383. The summed E-state index contributed by atoms with van der Waals surface area (Å²) in [4.78, 5) is 0. The van der Waals surface area contributed by atoms with Gasteiger partial charge in [-0.3, -0.25) is 0 Å². The van der Waals surface area contributed by atoms with Crippen LogP contribution in [0.25, 0.3) is 0 Å². The molecule has 0 amide bonds. The van der Waals surface area contributed by atoms with Crippen LogP contribution in [0.3, 0.4) is 0 Å². The van der Waals surface area contributed by atoms with Gasteiger partial charge in [0, 0.05) is 6.00 Å². The number of ether oxygens (including phenoxy) is 1. The molecule has 60 valence electrons. The molecule has 4 heteroatoms. The molecule has 0 aromatic rings. The lowest BCUT2D eigenvalue weighted by atomic mass is 9.97. The van der Waals surface area contributed by atoms with Gasteiger partial charge in [0.2, 0.25) is 0 Å². The van der Waals surface area contributed by atoms with E-state index in [1.54, 1.807) is 12.2 Å². The third kappa shape index (κ3) is 2.32. The average Bonchev–Trinajstić information content (AvgIpc) is 2.13. The van der Waals surface area contributed by atoms with Crippen LogP contribution in [0.1, 0.15) is 6.42 Å². The predicted octanol–water partition coefficient (Wildman–Crippen LogP) is -0.821. The van der Waals surface area contributed by atoms with E-state index < -0.39 is 18.2 Å². The molecule has 3 atom stereocenters. The van der Waals surface area contributed by atoms with Gasteiger partial charge in [0.05, 0.1) is 6.61 Å². The Morgan fingerprint density at radius 2 is 2.36 bits per heavy atom. The van der Waals surface area contributed by atoms with E-state index in [-0.39, 0.29) is 6.61 Å². The molecule has 0 aromatic carbocycles. The van der Waals surface area contributed by atoms with E-state index in [1.165, 1.54) is 0 Å². The molecule has 0 spiro atoms. The number of rotatable bonds is 1. The monoisotopic (exact) mass is 154 g/mol. The van der Waals surface area contributed by atoms with Crippen LogP contribution in [0.5, 0.6) is 0 Å². The Hall–Kier alpha value is -0.315. The minimum atomic E-state index is -0.742. The number of hydrogen-bond donors (Lipinski definition) is 2. The van der Waals surface area contributed by atoms with Crippen LogP contribution < -0.4 is 0 Å². The van der Waals surface area contributed by atoms with Crippen LogP contribution >= 0.6 is 0 Å². The SMILES string of the molecule is [B][C@H]1CC=C[C@H](O)[C@@H](CO)O1. The number of aliphatic hydroxyl groups is 2. The summed E-state index contributed by atoms with van der Waals surface area (Å²) in [5, 5.41) is 18.0. The van der Waals surface area contributed by atoms with Crippen molar-refractivity contribution in [1.29, 1.82) is 0 Å². The molecule has 0 aromatic heterocycles. The van der Waals surface area contributed by atoms with Gasteiger partial charge in [-0.25, -0.2) is 0 Å². The van der Waals surface area contributed by atoms with Gasteiger partial charge in [0.25, 0.3) is 0 Å². The van der Waals surface area contributed by atoms with Gasteiger partial charge in [-0.2, -0.15) is 0 Å². The van der Waals surface area contributed by atoms with E-state index in [4.69, 9.17) is 17.7 Å². The molecule has 3 nitrogen and oxygen atoms in total. The Morgan fingerprint density at radius 1 is 1.64 bits per heavy atom. The van der Waals surface area contributed by atoms with E-state index in [0.29, 0.717) is 6.42 Å². The zero-order chi connectivity index (χ0) is 8.27. The van der Waals surface area contributed by atoms with Gasteiger partial charge in [-0.15, -0.1) is 0 Å². The summed E-state index contributed by atoms with van der Waals surface area (Å²) in [6.07, 6.45) is 2.60. The van der Waals surface area contributed by atoms with Gasteiger partial charge < -0.3 is 14.9 Å². The number of aliphatic hydroxyl groups excluding tert-OH is 2. The molecule has 0 bridgehead atoms.